The lowest BCUT2D eigenvalue weighted by atomic mass is 10.1. The van der Waals surface area contributed by atoms with Gasteiger partial charge in [0.2, 0.25) is 11.8 Å². The van der Waals surface area contributed by atoms with Gasteiger partial charge in [-0.2, -0.15) is 0 Å². The highest BCUT2D eigenvalue weighted by Crippen LogP contribution is 2.26. The number of hydrogen-bond donors (Lipinski definition) is 1. The minimum Gasteiger partial charge on any atom is -0.494 e. The van der Waals surface area contributed by atoms with E-state index in [0.29, 0.717) is 24.6 Å². The molecular formula is C31H39N3O5S. The number of unbranched alkanes of at least 4 members (excludes halogenated alkanes) is 1. The van der Waals surface area contributed by atoms with Gasteiger partial charge in [-0.1, -0.05) is 61.4 Å². The van der Waals surface area contributed by atoms with Crippen LogP contribution < -0.4 is 14.4 Å². The van der Waals surface area contributed by atoms with Gasteiger partial charge >= 0.3 is 0 Å². The Kier molecular flexibility index (Phi) is 11.1. The van der Waals surface area contributed by atoms with Crippen molar-refractivity contribution in [3.8, 4) is 5.75 Å². The second-order valence-electron chi connectivity index (χ2n) is 9.58. The minimum atomic E-state index is -4.13. The molecule has 0 fully saturated rings. The molecule has 3 aromatic carbocycles. The average Bonchev–Trinajstić information content (AvgIpc) is 2.95. The maximum atomic E-state index is 13.9. The standard InChI is InChI=1S/C31H39N3O5S/c1-5-7-21-32-31(36)25(4)33(22-26-11-9-8-10-12-26)30(35)23-34(27-15-13-24(3)14-16-27)40(37,38)29-19-17-28(18-20-29)39-6-2/h8-20,25H,5-7,21-23H2,1-4H3,(H,32,36)/t25-/m1/s1. The number of carbonyl (C=O) groups is 2. The van der Waals surface area contributed by atoms with Crippen LogP contribution in [-0.2, 0) is 26.2 Å². The van der Waals surface area contributed by atoms with Crippen molar-refractivity contribution < 1.29 is 22.7 Å². The molecule has 1 atom stereocenters. The van der Waals surface area contributed by atoms with Crippen LogP contribution >= 0.6 is 0 Å². The maximum Gasteiger partial charge on any atom is 0.264 e. The molecule has 3 aromatic rings. The van der Waals surface area contributed by atoms with Gasteiger partial charge in [0.15, 0.2) is 0 Å². The first-order valence-corrected chi connectivity index (χ1v) is 15.0. The van der Waals surface area contributed by atoms with Gasteiger partial charge in [0, 0.05) is 13.1 Å². The van der Waals surface area contributed by atoms with Gasteiger partial charge in [-0.05, 0) is 69.2 Å². The molecule has 0 radical (unpaired) electrons. The second-order valence-corrected chi connectivity index (χ2v) is 11.4. The fraction of sp³-hybridized carbons (Fsp3) is 0.355. The van der Waals surface area contributed by atoms with Crippen LogP contribution in [0.25, 0.3) is 0 Å². The number of hydrogen-bond acceptors (Lipinski definition) is 5. The summed E-state index contributed by atoms with van der Waals surface area (Å²) in [5, 5.41) is 2.89. The molecule has 0 saturated heterocycles. The molecule has 0 aromatic heterocycles. The van der Waals surface area contributed by atoms with E-state index in [4.69, 9.17) is 4.74 Å². The Balaban J connectivity index is 1.97. The zero-order chi connectivity index (χ0) is 29.1. The number of nitrogens with one attached hydrogen (secondary N) is 1. The van der Waals surface area contributed by atoms with Crippen LogP contribution in [0.3, 0.4) is 0 Å². The van der Waals surface area contributed by atoms with E-state index in [9.17, 15) is 18.0 Å². The van der Waals surface area contributed by atoms with Crippen molar-refractivity contribution in [3.63, 3.8) is 0 Å². The number of aryl methyl sites for hydroxylation is 1. The molecule has 214 valence electrons. The van der Waals surface area contributed by atoms with Crippen LogP contribution in [0.1, 0.15) is 44.7 Å². The summed E-state index contributed by atoms with van der Waals surface area (Å²) in [4.78, 5) is 28.4. The molecule has 0 unspecified atom stereocenters. The predicted molar refractivity (Wildman–Crippen MR) is 158 cm³/mol. The molecule has 3 rings (SSSR count). The van der Waals surface area contributed by atoms with Crippen molar-refractivity contribution in [1.82, 2.24) is 10.2 Å². The summed E-state index contributed by atoms with van der Waals surface area (Å²) in [7, 11) is -4.13. The summed E-state index contributed by atoms with van der Waals surface area (Å²) in [5.41, 5.74) is 2.14. The molecule has 2 amide bonds. The van der Waals surface area contributed by atoms with Crippen molar-refractivity contribution in [2.45, 2.75) is 58.0 Å². The molecule has 0 heterocycles. The quantitative estimate of drug-likeness (QED) is 0.280. The lowest BCUT2D eigenvalue weighted by molar-refractivity contribution is -0.139. The van der Waals surface area contributed by atoms with Gasteiger partial charge in [-0.15, -0.1) is 0 Å². The number of sulfonamides is 1. The zero-order valence-corrected chi connectivity index (χ0v) is 24.5. The van der Waals surface area contributed by atoms with Crippen molar-refractivity contribution in [2.24, 2.45) is 0 Å². The highest BCUT2D eigenvalue weighted by Gasteiger charge is 2.32. The second kappa shape index (κ2) is 14.5. The highest BCUT2D eigenvalue weighted by molar-refractivity contribution is 7.92. The molecule has 0 aliphatic rings. The molecular weight excluding hydrogens is 526 g/mol. The zero-order valence-electron chi connectivity index (χ0n) is 23.7. The van der Waals surface area contributed by atoms with Crippen LogP contribution in [-0.4, -0.2) is 50.9 Å². The lowest BCUT2D eigenvalue weighted by Gasteiger charge is -2.32. The SMILES string of the molecule is CCCCNC(=O)[C@@H](C)N(Cc1ccccc1)C(=O)CN(c1ccc(C)cc1)S(=O)(=O)c1ccc(OCC)cc1. The number of nitrogens with zero attached hydrogens (tertiary/aromatic N) is 2. The van der Waals surface area contributed by atoms with Crippen LogP contribution in [0.2, 0.25) is 0 Å². The molecule has 0 aliphatic carbocycles. The maximum absolute atomic E-state index is 13.9. The average molecular weight is 566 g/mol. The van der Waals surface area contributed by atoms with Gasteiger partial charge in [0.1, 0.15) is 18.3 Å². The van der Waals surface area contributed by atoms with Gasteiger partial charge in [0.05, 0.1) is 17.2 Å². The van der Waals surface area contributed by atoms with Gasteiger partial charge in [0.25, 0.3) is 10.0 Å². The molecule has 1 N–H and O–H groups in total. The molecule has 0 bridgehead atoms. The molecule has 0 spiro atoms. The van der Waals surface area contributed by atoms with Crippen molar-refractivity contribution in [3.05, 3.63) is 90.0 Å². The summed E-state index contributed by atoms with van der Waals surface area (Å²) in [6.45, 7) is 8.10. The molecule has 8 nitrogen and oxygen atoms in total. The van der Waals surface area contributed by atoms with E-state index in [1.54, 1.807) is 43.3 Å². The first kappa shape index (κ1) is 30.7. The topological polar surface area (TPSA) is 96.0 Å². The monoisotopic (exact) mass is 565 g/mol. The van der Waals surface area contributed by atoms with E-state index < -0.39 is 28.5 Å². The van der Waals surface area contributed by atoms with Crippen molar-refractivity contribution in [1.29, 1.82) is 0 Å². The van der Waals surface area contributed by atoms with Crippen LogP contribution in [0, 0.1) is 6.92 Å². The van der Waals surface area contributed by atoms with Gasteiger partial charge in [-0.3, -0.25) is 13.9 Å². The van der Waals surface area contributed by atoms with E-state index in [1.807, 2.05) is 51.1 Å². The predicted octanol–water partition coefficient (Wildman–Crippen LogP) is 4.92. The Morgan fingerprint density at radius 3 is 2.17 bits per heavy atom. The van der Waals surface area contributed by atoms with E-state index in [1.165, 1.54) is 17.0 Å². The van der Waals surface area contributed by atoms with Crippen LogP contribution in [0.15, 0.2) is 83.8 Å². The molecule has 9 heteroatoms. The van der Waals surface area contributed by atoms with E-state index >= 15 is 0 Å². The van der Waals surface area contributed by atoms with E-state index in [0.717, 1.165) is 28.3 Å². The molecule has 0 aliphatic heterocycles. The van der Waals surface area contributed by atoms with E-state index in [2.05, 4.69) is 5.32 Å². The minimum absolute atomic E-state index is 0.0318. The highest BCUT2D eigenvalue weighted by atomic mass is 32.2. The summed E-state index contributed by atoms with van der Waals surface area (Å²) >= 11 is 0. The number of amides is 2. The van der Waals surface area contributed by atoms with Gasteiger partial charge in [-0.25, -0.2) is 8.42 Å². The summed E-state index contributed by atoms with van der Waals surface area (Å²) in [6.07, 6.45) is 1.75. The Labute approximate surface area is 238 Å². The Hall–Kier alpha value is -3.85. The smallest absolute Gasteiger partial charge is 0.264 e. The van der Waals surface area contributed by atoms with Gasteiger partial charge < -0.3 is 15.0 Å². The van der Waals surface area contributed by atoms with Crippen molar-refractivity contribution in [2.75, 3.05) is 24.0 Å². The van der Waals surface area contributed by atoms with Crippen LogP contribution in [0.4, 0.5) is 5.69 Å². The Bertz CT molecular complexity index is 1340. The first-order chi connectivity index (χ1) is 19.2. The fourth-order valence-corrected chi connectivity index (χ4v) is 5.55. The molecule has 40 heavy (non-hydrogen) atoms. The third-order valence-corrected chi connectivity index (χ3v) is 8.30. The number of anilines is 1. The van der Waals surface area contributed by atoms with Crippen LogP contribution in [0.5, 0.6) is 5.75 Å². The summed E-state index contributed by atoms with van der Waals surface area (Å²) in [5.74, 6) is -0.220. The van der Waals surface area contributed by atoms with Crippen molar-refractivity contribution >= 4 is 27.5 Å². The van der Waals surface area contributed by atoms with E-state index in [-0.39, 0.29) is 17.3 Å². The number of benzene rings is 3. The normalized spacial score (nSPS) is 11.9. The summed E-state index contributed by atoms with van der Waals surface area (Å²) < 4.78 is 34.4. The molecule has 0 saturated carbocycles. The first-order valence-electron chi connectivity index (χ1n) is 13.6. The third-order valence-electron chi connectivity index (χ3n) is 6.52. The number of carbonyl (C=O) groups excluding carboxylic acids is 2. The lowest BCUT2D eigenvalue weighted by Crippen LogP contribution is -2.51. The third kappa shape index (κ3) is 8.08. The number of ether oxygens (including phenoxy) is 1. The largest absolute Gasteiger partial charge is 0.494 e. The number of rotatable bonds is 14. The Morgan fingerprint density at radius 2 is 1.57 bits per heavy atom. The Morgan fingerprint density at radius 1 is 0.925 bits per heavy atom. The fourth-order valence-electron chi connectivity index (χ4n) is 4.14. The summed E-state index contributed by atoms with van der Waals surface area (Å²) in [6, 6.07) is 21.6.